The van der Waals surface area contributed by atoms with Crippen LogP contribution in [-0.4, -0.2) is 39.5 Å². The van der Waals surface area contributed by atoms with Gasteiger partial charge in [-0.1, -0.05) is 49.0 Å². The van der Waals surface area contributed by atoms with Gasteiger partial charge in [0.25, 0.3) is 0 Å². The molecule has 114 valence electrons. The Morgan fingerprint density at radius 3 is 2.47 bits per heavy atom. The number of aliphatic hydroxyl groups excluding tert-OH is 2. The first-order valence-electron chi connectivity index (χ1n) is 7.74. The molecule has 0 spiro atoms. The first-order chi connectivity index (χ1) is 9.08. The van der Waals surface area contributed by atoms with Gasteiger partial charge in [-0.2, -0.15) is 0 Å². The Hall–Kier alpha value is 0.360. The average molecular weight is 337 g/mol. The minimum Gasteiger partial charge on any atom is -0.390 e. The van der Waals surface area contributed by atoms with Crippen LogP contribution in [0, 0.1) is 0 Å². The summed E-state index contributed by atoms with van der Waals surface area (Å²) in [7, 11) is 0. The third-order valence-corrected chi connectivity index (χ3v) is 4.96. The standard InChI is InChI=1S/C15H29BrO3/c1-3-5-6-7-11-8-9-13(17)14(18)10-12(16)15(4-2)19-11/h11-15,17-18H,3-10H2,1-2H3. The molecule has 1 heterocycles. The van der Waals surface area contributed by atoms with E-state index < -0.39 is 12.2 Å². The van der Waals surface area contributed by atoms with Crippen molar-refractivity contribution in [1.82, 2.24) is 0 Å². The van der Waals surface area contributed by atoms with Crippen LogP contribution >= 0.6 is 15.9 Å². The molecule has 1 rings (SSSR count). The van der Waals surface area contributed by atoms with Crippen molar-refractivity contribution in [2.75, 3.05) is 0 Å². The molecule has 0 bridgehead atoms. The monoisotopic (exact) mass is 336 g/mol. The number of ether oxygens (including phenoxy) is 1. The van der Waals surface area contributed by atoms with E-state index in [9.17, 15) is 10.2 Å². The highest BCUT2D eigenvalue weighted by atomic mass is 79.9. The Kier molecular flexibility index (Phi) is 8.54. The smallest absolute Gasteiger partial charge is 0.0810 e. The van der Waals surface area contributed by atoms with E-state index in [1.165, 1.54) is 19.3 Å². The van der Waals surface area contributed by atoms with Crippen molar-refractivity contribution in [3.8, 4) is 0 Å². The van der Waals surface area contributed by atoms with E-state index in [4.69, 9.17) is 4.74 Å². The van der Waals surface area contributed by atoms with Gasteiger partial charge in [0.2, 0.25) is 0 Å². The van der Waals surface area contributed by atoms with E-state index in [0.717, 1.165) is 19.3 Å². The predicted octanol–water partition coefficient (Wildman–Crippen LogP) is 3.40. The number of rotatable bonds is 5. The molecule has 4 heteroatoms. The Morgan fingerprint density at radius 2 is 1.84 bits per heavy atom. The Labute approximate surface area is 125 Å². The van der Waals surface area contributed by atoms with E-state index in [2.05, 4.69) is 29.8 Å². The molecule has 1 saturated heterocycles. The molecule has 3 nitrogen and oxygen atoms in total. The van der Waals surface area contributed by atoms with Crippen molar-refractivity contribution in [2.45, 2.75) is 94.5 Å². The highest BCUT2D eigenvalue weighted by Gasteiger charge is 2.30. The van der Waals surface area contributed by atoms with Gasteiger partial charge >= 0.3 is 0 Å². The lowest BCUT2D eigenvalue weighted by Gasteiger charge is -2.26. The van der Waals surface area contributed by atoms with Crippen LogP contribution in [0.1, 0.15) is 65.2 Å². The van der Waals surface area contributed by atoms with Crippen LogP contribution in [0.15, 0.2) is 0 Å². The zero-order chi connectivity index (χ0) is 14.3. The first-order valence-corrected chi connectivity index (χ1v) is 8.65. The van der Waals surface area contributed by atoms with Crippen molar-refractivity contribution in [3.05, 3.63) is 0 Å². The largest absolute Gasteiger partial charge is 0.390 e. The predicted molar refractivity (Wildman–Crippen MR) is 81.7 cm³/mol. The van der Waals surface area contributed by atoms with Crippen molar-refractivity contribution < 1.29 is 14.9 Å². The van der Waals surface area contributed by atoms with Gasteiger partial charge in [0.05, 0.1) is 24.4 Å². The van der Waals surface area contributed by atoms with Gasteiger partial charge in [-0.3, -0.25) is 0 Å². The molecule has 2 N–H and O–H groups in total. The molecule has 5 atom stereocenters. The Bertz CT molecular complexity index is 237. The molecule has 19 heavy (non-hydrogen) atoms. The summed E-state index contributed by atoms with van der Waals surface area (Å²) in [6, 6.07) is 0. The quantitative estimate of drug-likeness (QED) is 0.597. The normalized spacial score (nSPS) is 37.4. The fraction of sp³-hybridized carbons (Fsp3) is 1.00. The van der Waals surface area contributed by atoms with Crippen LogP contribution in [0.3, 0.4) is 0 Å². The second kappa shape index (κ2) is 9.32. The third kappa shape index (κ3) is 6.11. The zero-order valence-corrected chi connectivity index (χ0v) is 13.8. The highest BCUT2D eigenvalue weighted by Crippen LogP contribution is 2.27. The second-order valence-electron chi connectivity index (χ2n) is 5.66. The van der Waals surface area contributed by atoms with Crippen LogP contribution in [0.4, 0.5) is 0 Å². The highest BCUT2D eigenvalue weighted by molar-refractivity contribution is 9.09. The van der Waals surface area contributed by atoms with E-state index in [1.54, 1.807) is 0 Å². The van der Waals surface area contributed by atoms with Crippen molar-refractivity contribution in [3.63, 3.8) is 0 Å². The lowest BCUT2D eigenvalue weighted by atomic mass is 10.0. The summed E-state index contributed by atoms with van der Waals surface area (Å²) < 4.78 is 6.21. The SMILES string of the molecule is CCCCCC1CCC(O)C(O)CC(Br)C(CC)O1. The third-order valence-electron chi connectivity index (χ3n) is 4.00. The number of hydrogen-bond donors (Lipinski definition) is 2. The fourth-order valence-corrected chi connectivity index (χ4v) is 3.56. The van der Waals surface area contributed by atoms with Gasteiger partial charge < -0.3 is 14.9 Å². The lowest BCUT2D eigenvalue weighted by Crippen LogP contribution is -2.32. The van der Waals surface area contributed by atoms with Crippen molar-refractivity contribution >= 4 is 15.9 Å². The first kappa shape index (κ1) is 17.4. The molecule has 0 aromatic rings. The summed E-state index contributed by atoms with van der Waals surface area (Å²) in [6.45, 7) is 4.32. The van der Waals surface area contributed by atoms with Gasteiger partial charge in [-0.25, -0.2) is 0 Å². The Balaban J connectivity index is 2.60. The molecule has 0 amide bonds. The molecular formula is C15H29BrO3. The fourth-order valence-electron chi connectivity index (χ4n) is 2.68. The summed E-state index contributed by atoms with van der Waals surface area (Å²) in [5.74, 6) is 0. The average Bonchev–Trinajstić information content (AvgIpc) is 2.44. The van der Waals surface area contributed by atoms with Crippen LogP contribution < -0.4 is 0 Å². The summed E-state index contributed by atoms with van der Waals surface area (Å²) in [6.07, 6.45) is 6.76. The number of alkyl halides is 1. The van der Waals surface area contributed by atoms with Crippen LogP contribution in [-0.2, 0) is 4.74 Å². The molecular weight excluding hydrogens is 308 g/mol. The van der Waals surface area contributed by atoms with Gasteiger partial charge in [0.1, 0.15) is 0 Å². The number of halogens is 1. The molecule has 1 aliphatic heterocycles. The molecule has 0 aromatic heterocycles. The number of unbranched alkanes of at least 4 members (excludes halogenated alkanes) is 2. The number of hydrogen-bond acceptors (Lipinski definition) is 3. The maximum absolute atomic E-state index is 9.96. The minimum absolute atomic E-state index is 0.119. The summed E-state index contributed by atoms with van der Waals surface area (Å²) >= 11 is 3.62. The van der Waals surface area contributed by atoms with Gasteiger partial charge in [0, 0.05) is 4.83 Å². The van der Waals surface area contributed by atoms with Crippen LogP contribution in [0.25, 0.3) is 0 Å². The molecule has 0 aliphatic carbocycles. The Morgan fingerprint density at radius 1 is 1.11 bits per heavy atom. The molecule has 1 aliphatic rings. The summed E-state index contributed by atoms with van der Waals surface area (Å²) in [5.41, 5.74) is 0. The van der Waals surface area contributed by atoms with E-state index in [-0.39, 0.29) is 17.0 Å². The van der Waals surface area contributed by atoms with Crippen LogP contribution in [0.2, 0.25) is 0 Å². The topological polar surface area (TPSA) is 49.7 Å². The molecule has 0 aromatic carbocycles. The molecule has 0 saturated carbocycles. The maximum Gasteiger partial charge on any atom is 0.0810 e. The van der Waals surface area contributed by atoms with Gasteiger partial charge in [-0.15, -0.1) is 0 Å². The molecule has 0 radical (unpaired) electrons. The van der Waals surface area contributed by atoms with Gasteiger partial charge in [-0.05, 0) is 32.1 Å². The molecule has 1 fully saturated rings. The second-order valence-corrected chi connectivity index (χ2v) is 6.84. The minimum atomic E-state index is -0.642. The van der Waals surface area contributed by atoms with Crippen LogP contribution in [0.5, 0.6) is 0 Å². The van der Waals surface area contributed by atoms with Crippen molar-refractivity contribution in [2.24, 2.45) is 0 Å². The van der Waals surface area contributed by atoms with E-state index in [1.807, 2.05) is 0 Å². The zero-order valence-electron chi connectivity index (χ0n) is 12.2. The summed E-state index contributed by atoms with van der Waals surface area (Å²) in [4.78, 5) is 0.119. The number of aliphatic hydroxyl groups is 2. The lowest BCUT2D eigenvalue weighted by molar-refractivity contribution is -0.0236. The summed E-state index contributed by atoms with van der Waals surface area (Å²) in [5, 5.41) is 19.9. The molecule has 5 unspecified atom stereocenters. The van der Waals surface area contributed by atoms with E-state index in [0.29, 0.717) is 12.8 Å². The van der Waals surface area contributed by atoms with Crippen molar-refractivity contribution in [1.29, 1.82) is 0 Å². The van der Waals surface area contributed by atoms with Gasteiger partial charge in [0.15, 0.2) is 0 Å². The maximum atomic E-state index is 9.96. The van der Waals surface area contributed by atoms with E-state index >= 15 is 0 Å².